The zero-order chi connectivity index (χ0) is 21.3. The monoisotopic (exact) mass is 408 g/mol. The fourth-order valence-electron chi connectivity index (χ4n) is 3.35. The predicted molar refractivity (Wildman–Crippen MR) is 115 cm³/mol. The average molecular weight is 408 g/mol. The Balaban J connectivity index is 1.79. The van der Waals surface area contributed by atoms with Gasteiger partial charge in [-0.05, 0) is 37.3 Å². The van der Waals surface area contributed by atoms with Crippen LogP contribution >= 0.6 is 0 Å². The summed E-state index contributed by atoms with van der Waals surface area (Å²) in [5.41, 5.74) is 3.72. The fourth-order valence-corrected chi connectivity index (χ4v) is 3.35. The number of benzene rings is 1. The molecule has 3 aromatic rings. The number of anilines is 1. The van der Waals surface area contributed by atoms with Crippen LogP contribution in [0.5, 0.6) is 0 Å². The molecule has 0 spiro atoms. The summed E-state index contributed by atoms with van der Waals surface area (Å²) in [6.45, 7) is 7.84. The van der Waals surface area contributed by atoms with Gasteiger partial charge in [-0.2, -0.15) is 0 Å². The number of aliphatic hydroxyl groups excluding tert-OH is 1. The zero-order valence-electron chi connectivity index (χ0n) is 17.4. The van der Waals surface area contributed by atoms with Crippen molar-refractivity contribution in [3.63, 3.8) is 0 Å². The lowest BCUT2D eigenvalue weighted by Crippen LogP contribution is -2.27. The number of rotatable bonds is 6. The number of nitrogens with one attached hydrogen (secondary N) is 1. The summed E-state index contributed by atoms with van der Waals surface area (Å²) in [5.74, 6) is 0.989. The van der Waals surface area contributed by atoms with Crippen molar-refractivity contribution in [1.82, 2.24) is 19.5 Å². The van der Waals surface area contributed by atoms with Gasteiger partial charge in [0.25, 0.3) is 0 Å². The van der Waals surface area contributed by atoms with Crippen LogP contribution in [0.25, 0.3) is 22.6 Å². The number of hydrogen-bond donors (Lipinski definition) is 2. The first-order chi connectivity index (χ1) is 14.4. The molecule has 1 aliphatic rings. The van der Waals surface area contributed by atoms with E-state index in [2.05, 4.69) is 19.9 Å². The van der Waals surface area contributed by atoms with Gasteiger partial charge >= 0.3 is 0 Å². The second kappa shape index (κ2) is 7.95. The predicted octanol–water partition coefficient (Wildman–Crippen LogP) is 3.40. The number of fused-ring (bicyclic) bond motifs is 1. The van der Waals surface area contributed by atoms with Gasteiger partial charge in [-0.1, -0.05) is 13.8 Å². The molecule has 0 saturated carbocycles. The zero-order valence-corrected chi connectivity index (χ0v) is 17.4. The maximum atomic E-state index is 13.5. The van der Waals surface area contributed by atoms with E-state index in [1.807, 2.05) is 26.8 Å². The molecule has 0 radical (unpaired) electrons. The Bertz CT molecular complexity index is 1090. The maximum absolute atomic E-state index is 13.5. The highest BCUT2D eigenvalue weighted by Gasteiger charge is 2.24. The van der Waals surface area contributed by atoms with E-state index in [4.69, 9.17) is 9.97 Å². The largest absolute Gasteiger partial charge is 0.396 e. The molecule has 0 atom stereocenters. The van der Waals surface area contributed by atoms with Gasteiger partial charge in [-0.25, -0.2) is 19.3 Å². The Hall–Kier alpha value is -3.13. The van der Waals surface area contributed by atoms with E-state index in [0.717, 1.165) is 34.2 Å². The molecule has 8 heteroatoms. The summed E-state index contributed by atoms with van der Waals surface area (Å²) >= 11 is 0. The first-order valence-electron chi connectivity index (χ1n) is 9.94. The van der Waals surface area contributed by atoms with Gasteiger partial charge < -0.3 is 15.0 Å². The number of hydrogen-bond acceptors (Lipinski definition) is 6. The molecule has 3 heterocycles. The number of aromatic nitrogens is 4. The van der Waals surface area contributed by atoms with Crippen molar-refractivity contribution in [3.8, 4) is 22.6 Å². The normalized spacial score (nSPS) is 13.7. The minimum absolute atomic E-state index is 0.0587. The van der Waals surface area contributed by atoms with Gasteiger partial charge in [0.2, 0.25) is 5.95 Å². The molecule has 4 rings (SSSR count). The van der Waals surface area contributed by atoms with E-state index < -0.39 is 0 Å². The molecule has 1 aromatic carbocycles. The number of aliphatic hydroxyl groups is 1. The van der Waals surface area contributed by atoms with Crippen LogP contribution in [0.4, 0.5) is 10.3 Å². The summed E-state index contributed by atoms with van der Waals surface area (Å²) in [4.78, 5) is 18.4. The Kier molecular flexibility index (Phi) is 5.34. The minimum Gasteiger partial charge on any atom is -0.396 e. The third-order valence-electron chi connectivity index (χ3n) is 5.13. The summed E-state index contributed by atoms with van der Waals surface area (Å²) < 4.78 is 15.6. The molecule has 0 unspecified atom stereocenters. The fraction of sp³-hybridized carbons (Fsp3) is 0.364. The molecule has 0 bridgehead atoms. The Labute approximate surface area is 174 Å². The molecule has 0 aliphatic carbocycles. The lowest BCUT2D eigenvalue weighted by atomic mass is 9.95. The van der Waals surface area contributed by atoms with Crippen molar-refractivity contribution >= 4 is 11.7 Å². The van der Waals surface area contributed by atoms with E-state index in [9.17, 15) is 9.50 Å². The Morgan fingerprint density at radius 3 is 2.67 bits per heavy atom. The highest BCUT2D eigenvalue weighted by molar-refractivity contribution is 5.98. The first kappa shape index (κ1) is 20.2. The molecule has 156 valence electrons. The van der Waals surface area contributed by atoms with Crippen molar-refractivity contribution in [2.75, 3.05) is 25.0 Å². The van der Waals surface area contributed by atoms with Crippen molar-refractivity contribution in [3.05, 3.63) is 48.2 Å². The van der Waals surface area contributed by atoms with Crippen molar-refractivity contribution in [1.29, 1.82) is 0 Å². The van der Waals surface area contributed by atoms with Crippen molar-refractivity contribution < 1.29 is 9.50 Å². The van der Waals surface area contributed by atoms with Gasteiger partial charge in [-0.3, -0.25) is 4.99 Å². The Morgan fingerprint density at radius 2 is 1.93 bits per heavy atom. The molecule has 0 fully saturated rings. The molecule has 0 amide bonds. The topological polar surface area (TPSA) is 88.2 Å². The van der Waals surface area contributed by atoms with Crippen LogP contribution in [0.1, 0.15) is 26.6 Å². The van der Waals surface area contributed by atoms with Crippen LogP contribution < -0.4 is 5.32 Å². The lowest BCUT2D eigenvalue weighted by molar-refractivity contribution is 0.170. The highest BCUT2D eigenvalue weighted by atomic mass is 19.1. The maximum Gasteiger partial charge on any atom is 0.223 e. The molecule has 1 aliphatic heterocycles. The molecule has 2 aromatic heterocycles. The van der Waals surface area contributed by atoms with Gasteiger partial charge in [0.1, 0.15) is 5.82 Å². The number of nitrogens with zero attached hydrogens (tertiary/aromatic N) is 5. The van der Waals surface area contributed by atoms with Gasteiger partial charge in [-0.15, -0.1) is 0 Å². The average Bonchev–Trinajstić information content (AvgIpc) is 3.14. The smallest absolute Gasteiger partial charge is 0.223 e. The van der Waals surface area contributed by atoms with Gasteiger partial charge in [0, 0.05) is 36.9 Å². The highest BCUT2D eigenvalue weighted by Crippen LogP contribution is 2.33. The minimum atomic E-state index is -0.290. The molecular formula is C22H25FN6O. The number of imidazole rings is 1. The van der Waals surface area contributed by atoms with E-state index in [0.29, 0.717) is 25.6 Å². The van der Waals surface area contributed by atoms with Crippen molar-refractivity contribution in [2.45, 2.75) is 27.3 Å². The summed E-state index contributed by atoms with van der Waals surface area (Å²) in [6.07, 6.45) is 1.70. The summed E-state index contributed by atoms with van der Waals surface area (Å²) in [7, 11) is 0. The van der Waals surface area contributed by atoms with Gasteiger partial charge in [0.15, 0.2) is 5.82 Å². The summed E-state index contributed by atoms with van der Waals surface area (Å²) in [6, 6.07) is 8.17. The van der Waals surface area contributed by atoms with Crippen LogP contribution in [0.15, 0.2) is 41.5 Å². The Morgan fingerprint density at radius 1 is 1.17 bits per heavy atom. The quantitative estimate of drug-likeness (QED) is 0.653. The van der Waals surface area contributed by atoms with Crippen molar-refractivity contribution in [2.24, 2.45) is 10.4 Å². The third kappa shape index (κ3) is 3.95. The van der Waals surface area contributed by atoms with Crippen LogP contribution in [0, 0.1) is 11.2 Å². The number of aliphatic imine (C=N–C) groups is 1. The van der Waals surface area contributed by atoms with E-state index >= 15 is 0 Å². The van der Waals surface area contributed by atoms with Crippen LogP contribution in [-0.4, -0.2) is 50.0 Å². The van der Waals surface area contributed by atoms with E-state index in [1.165, 1.54) is 12.1 Å². The lowest BCUT2D eigenvalue weighted by Gasteiger charge is -2.22. The summed E-state index contributed by atoms with van der Waals surface area (Å²) in [5, 5.41) is 12.7. The third-order valence-corrected chi connectivity index (χ3v) is 5.13. The van der Waals surface area contributed by atoms with Gasteiger partial charge in [0.05, 0.1) is 29.3 Å². The second-order valence-corrected chi connectivity index (χ2v) is 8.20. The van der Waals surface area contributed by atoms with Crippen LogP contribution in [0.3, 0.4) is 0 Å². The standard InChI is InChI=1S/C22H25FN6O/c1-14-20-28-18(15-4-6-16(23)7-5-15)19(29(20)11-10-24-14)17-8-9-25-21(27-17)26-12-22(2,3)13-30/h4-9,30H,10-13H2,1-3H3,(H,25,26,27). The number of halogens is 1. The molecule has 30 heavy (non-hydrogen) atoms. The molecular weight excluding hydrogens is 383 g/mol. The first-order valence-corrected chi connectivity index (χ1v) is 9.94. The van der Waals surface area contributed by atoms with Crippen LogP contribution in [0.2, 0.25) is 0 Å². The second-order valence-electron chi connectivity index (χ2n) is 8.20. The van der Waals surface area contributed by atoms with E-state index in [1.54, 1.807) is 18.3 Å². The molecule has 2 N–H and O–H groups in total. The SMILES string of the molecule is CC1=NCCn2c1nc(-c1ccc(F)cc1)c2-c1ccnc(NCC(C)(C)CO)n1. The molecule has 7 nitrogen and oxygen atoms in total. The van der Waals surface area contributed by atoms with Crippen LogP contribution in [-0.2, 0) is 6.54 Å². The molecule has 0 saturated heterocycles. The van der Waals surface area contributed by atoms with E-state index in [-0.39, 0.29) is 17.8 Å².